The summed E-state index contributed by atoms with van der Waals surface area (Å²) < 4.78 is 12.0. The maximum absolute atomic E-state index is 12.7. The number of rotatable bonds is 6. The molecule has 0 saturated carbocycles. The highest BCUT2D eigenvalue weighted by molar-refractivity contribution is 9.10. The summed E-state index contributed by atoms with van der Waals surface area (Å²) in [7, 11) is 1.54. The molecule has 1 atom stereocenters. The first kappa shape index (κ1) is 21.1. The van der Waals surface area contributed by atoms with Crippen molar-refractivity contribution >= 4 is 38.6 Å². The van der Waals surface area contributed by atoms with Crippen LogP contribution in [0.5, 0.6) is 5.75 Å². The summed E-state index contributed by atoms with van der Waals surface area (Å²) in [6.07, 6.45) is 1.08. The number of nitrogens with zero attached hydrogens (tertiary/aromatic N) is 1. The predicted molar refractivity (Wildman–Crippen MR) is 127 cm³/mol. The van der Waals surface area contributed by atoms with Gasteiger partial charge in [0, 0.05) is 15.7 Å². The van der Waals surface area contributed by atoms with Crippen LogP contribution in [0.1, 0.15) is 42.1 Å². The summed E-state index contributed by atoms with van der Waals surface area (Å²) >= 11 is 3.39. The number of halogens is 1. The van der Waals surface area contributed by atoms with Crippen LogP contribution in [0, 0.1) is 0 Å². The van der Waals surface area contributed by atoms with Crippen molar-refractivity contribution in [2.75, 3.05) is 12.4 Å². The average Bonchev–Trinajstić information content (AvgIpc) is 3.22. The number of hydrogen-bond donors (Lipinski definition) is 1. The van der Waals surface area contributed by atoms with Gasteiger partial charge >= 0.3 is 0 Å². The van der Waals surface area contributed by atoms with Gasteiger partial charge in [0.15, 0.2) is 5.58 Å². The number of nitrogens with one attached hydrogen (secondary N) is 1. The average molecular weight is 479 g/mol. The van der Waals surface area contributed by atoms with E-state index in [0.717, 1.165) is 27.6 Å². The maximum atomic E-state index is 12.7. The van der Waals surface area contributed by atoms with E-state index in [1.807, 2.05) is 36.4 Å². The normalized spacial score (nSPS) is 12.0. The molecule has 3 aromatic carbocycles. The molecule has 158 valence electrons. The minimum Gasteiger partial charge on any atom is -0.496 e. The Bertz CT molecular complexity index is 1230. The third-order valence-corrected chi connectivity index (χ3v) is 5.88. The Morgan fingerprint density at radius 1 is 1.13 bits per heavy atom. The highest BCUT2D eigenvalue weighted by atomic mass is 79.9. The zero-order valence-electron chi connectivity index (χ0n) is 17.6. The summed E-state index contributed by atoms with van der Waals surface area (Å²) in [4.78, 5) is 17.3. The van der Waals surface area contributed by atoms with E-state index in [1.165, 1.54) is 5.56 Å². The number of anilines is 1. The zero-order valence-corrected chi connectivity index (χ0v) is 19.2. The molecular formula is C25H23BrN2O3. The highest BCUT2D eigenvalue weighted by Crippen LogP contribution is 2.29. The largest absolute Gasteiger partial charge is 0.496 e. The van der Waals surface area contributed by atoms with Crippen LogP contribution in [0.2, 0.25) is 0 Å². The summed E-state index contributed by atoms with van der Waals surface area (Å²) in [6.45, 7) is 4.38. The highest BCUT2D eigenvalue weighted by Gasteiger charge is 2.14. The van der Waals surface area contributed by atoms with Crippen LogP contribution in [-0.2, 0) is 0 Å². The van der Waals surface area contributed by atoms with Gasteiger partial charge in [-0.15, -0.1) is 0 Å². The molecule has 1 N–H and O–H groups in total. The van der Waals surface area contributed by atoms with Crippen molar-refractivity contribution < 1.29 is 13.9 Å². The molecule has 6 heteroatoms. The molecule has 1 amide bonds. The third kappa shape index (κ3) is 4.49. The Balaban J connectivity index is 1.54. The van der Waals surface area contributed by atoms with E-state index in [-0.39, 0.29) is 5.91 Å². The molecule has 0 aliphatic carbocycles. The van der Waals surface area contributed by atoms with Gasteiger partial charge in [0.1, 0.15) is 11.3 Å². The van der Waals surface area contributed by atoms with Crippen molar-refractivity contribution in [2.45, 2.75) is 26.2 Å². The number of oxazole rings is 1. The lowest BCUT2D eigenvalue weighted by Gasteiger charge is -2.10. The SMILES string of the molecule is CC[C@@H](C)c1ccc2oc(-c3ccc(NC(=O)c4cc(Br)ccc4OC)cc3)nc2c1. The standard InChI is InChI=1S/C25H23BrN2O3/c1-4-15(2)17-7-11-23-21(13-17)28-25(31-23)16-5-9-19(10-6-16)27-24(29)20-14-18(26)8-12-22(20)30-3/h5-15H,4H2,1-3H3,(H,27,29)/t15-/m1/s1. The monoisotopic (exact) mass is 478 g/mol. The lowest BCUT2D eigenvalue weighted by molar-refractivity contribution is 0.102. The molecule has 1 aromatic heterocycles. The van der Waals surface area contributed by atoms with E-state index in [0.29, 0.717) is 28.8 Å². The Hall–Kier alpha value is -3.12. The first-order valence-electron chi connectivity index (χ1n) is 10.1. The fraction of sp³-hybridized carbons (Fsp3) is 0.200. The molecule has 4 aromatic rings. The van der Waals surface area contributed by atoms with E-state index in [4.69, 9.17) is 9.15 Å². The van der Waals surface area contributed by atoms with Crippen molar-refractivity contribution in [3.05, 3.63) is 76.3 Å². The number of benzene rings is 3. The second-order valence-electron chi connectivity index (χ2n) is 7.43. The summed E-state index contributed by atoms with van der Waals surface area (Å²) in [5.74, 6) is 1.31. The number of carbonyl (C=O) groups is 1. The smallest absolute Gasteiger partial charge is 0.259 e. The molecular weight excluding hydrogens is 456 g/mol. The van der Waals surface area contributed by atoms with Crippen LogP contribution in [0.4, 0.5) is 5.69 Å². The van der Waals surface area contributed by atoms with Crippen molar-refractivity contribution in [1.82, 2.24) is 4.98 Å². The van der Waals surface area contributed by atoms with Gasteiger partial charge in [-0.3, -0.25) is 4.79 Å². The number of fused-ring (bicyclic) bond motifs is 1. The lowest BCUT2D eigenvalue weighted by Crippen LogP contribution is -2.13. The van der Waals surface area contributed by atoms with Gasteiger partial charge in [-0.25, -0.2) is 4.98 Å². The number of aromatic nitrogens is 1. The van der Waals surface area contributed by atoms with E-state index in [9.17, 15) is 4.79 Å². The summed E-state index contributed by atoms with van der Waals surface area (Å²) in [6, 6.07) is 18.9. The molecule has 0 fully saturated rings. The molecule has 0 spiro atoms. The van der Waals surface area contributed by atoms with Gasteiger partial charge < -0.3 is 14.5 Å². The molecule has 0 bridgehead atoms. The molecule has 0 unspecified atom stereocenters. The van der Waals surface area contributed by atoms with Gasteiger partial charge in [-0.05, 0) is 72.5 Å². The second-order valence-corrected chi connectivity index (χ2v) is 8.35. The summed E-state index contributed by atoms with van der Waals surface area (Å²) in [5, 5.41) is 2.90. The first-order valence-corrected chi connectivity index (χ1v) is 10.9. The Morgan fingerprint density at radius 3 is 2.61 bits per heavy atom. The predicted octanol–water partition coefficient (Wildman–Crippen LogP) is 7.03. The molecule has 0 aliphatic heterocycles. The van der Waals surface area contributed by atoms with Crippen LogP contribution in [0.3, 0.4) is 0 Å². The van der Waals surface area contributed by atoms with E-state index in [2.05, 4.69) is 52.2 Å². The number of ether oxygens (including phenoxy) is 1. The molecule has 0 radical (unpaired) electrons. The third-order valence-electron chi connectivity index (χ3n) is 5.39. The fourth-order valence-corrected chi connectivity index (χ4v) is 3.72. The van der Waals surface area contributed by atoms with Crippen LogP contribution < -0.4 is 10.1 Å². The lowest BCUT2D eigenvalue weighted by atomic mass is 9.98. The second kappa shape index (κ2) is 8.94. The summed E-state index contributed by atoms with van der Waals surface area (Å²) in [5.41, 5.74) is 4.85. The van der Waals surface area contributed by atoms with Crippen LogP contribution in [-0.4, -0.2) is 18.0 Å². The molecule has 0 aliphatic rings. The van der Waals surface area contributed by atoms with Gasteiger partial charge in [-0.2, -0.15) is 0 Å². The number of amides is 1. The van der Waals surface area contributed by atoms with Crippen molar-refractivity contribution in [3.8, 4) is 17.2 Å². The van der Waals surface area contributed by atoms with Gasteiger partial charge in [0.05, 0.1) is 12.7 Å². The van der Waals surface area contributed by atoms with Gasteiger partial charge in [-0.1, -0.05) is 35.8 Å². The van der Waals surface area contributed by atoms with E-state index in [1.54, 1.807) is 19.2 Å². The molecule has 0 saturated heterocycles. The zero-order chi connectivity index (χ0) is 22.0. The molecule has 4 rings (SSSR count). The Morgan fingerprint density at radius 2 is 1.90 bits per heavy atom. The van der Waals surface area contributed by atoms with Crippen molar-refractivity contribution in [2.24, 2.45) is 0 Å². The van der Waals surface area contributed by atoms with E-state index >= 15 is 0 Å². The van der Waals surface area contributed by atoms with Gasteiger partial charge in [0.25, 0.3) is 5.91 Å². The van der Waals surface area contributed by atoms with Crippen molar-refractivity contribution in [1.29, 1.82) is 0 Å². The van der Waals surface area contributed by atoms with Crippen LogP contribution in [0.25, 0.3) is 22.6 Å². The van der Waals surface area contributed by atoms with Crippen LogP contribution >= 0.6 is 15.9 Å². The van der Waals surface area contributed by atoms with Crippen molar-refractivity contribution in [3.63, 3.8) is 0 Å². The fourth-order valence-electron chi connectivity index (χ4n) is 3.36. The first-order chi connectivity index (χ1) is 15.0. The quantitative estimate of drug-likeness (QED) is 0.322. The minimum absolute atomic E-state index is 0.245. The maximum Gasteiger partial charge on any atom is 0.259 e. The van der Waals surface area contributed by atoms with Crippen LogP contribution in [0.15, 0.2) is 69.6 Å². The molecule has 31 heavy (non-hydrogen) atoms. The Kier molecular flexibility index (Phi) is 6.09. The van der Waals surface area contributed by atoms with E-state index < -0.39 is 0 Å². The number of carbonyl (C=O) groups excluding carboxylic acids is 1. The van der Waals surface area contributed by atoms with Gasteiger partial charge in [0.2, 0.25) is 5.89 Å². The minimum atomic E-state index is -0.245. The molecule has 1 heterocycles. The number of hydrogen-bond acceptors (Lipinski definition) is 4. The number of methoxy groups -OCH3 is 1. The molecule has 5 nitrogen and oxygen atoms in total. The topological polar surface area (TPSA) is 64.4 Å². The Labute approximate surface area is 189 Å².